The van der Waals surface area contributed by atoms with Crippen LogP contribution in [0.25, 0.3) is 0 Å². The Kier molecular flexibility index (Phi) is 4.38. The Bertz CT molecular complexity index is 405. The van der Waals surface area contributed by atoms with Crippen LogP contribution in [0.4, 0.5) is 0 Å². The highest BCUT2D eigenvalue weighted by molar-refractivity contribution is 5.35. The van der Waals surface area contributed by atoms with E-state index >= 15 is 0 Å². The van der Waals surface area contributed by atoms with Crippen LogP contribution in [0.5, 0.6) is 0 Å². The summed E-state index contributed by atoms with van der Waals surface area (Å²) in [6.45, 7) is 9.78. The molecular weight excluding hydrogens is 226 g/mol. The van der Waals surface area contributed by atoms with Crippen molar-refractivity contribution in [2.75, 3.05) is 26.2 Å². The maximum atomic E-state index is 10.5. The van der Waals surface area contributed by atoms with Crippen molar-refractivity contribution in [2.24, 2.45) is 0 Å². The molecule has 1 N–H and O–H groups in total. The number of rotatable bonds is 3. The van der Waals surface area contributed by atoms with Crippen LogP contribution in [-0.2, 0) is 4.74 Å². The zero-order valence-corrected chi connectivity index (χ0v) is 11.5. The minimum absolute atomic E-state index is 0.112. The first kappa shape index (κ1) is 13.5. The van der Waals surface area contributed by atoms with Gasteiger partial charge in [0.25, 0.3) is 0 Å². The lowest BCUT2D eigenvalue weighted by Crippen LogP contribution is -2.44. The molecule has 1 aliphatic heterocycles. The lowest BCUT2D eigenvalue weighted by atomic mass is 9.95. The van der Waals surface area contributed by atoms with E-state index in [0.717, 1.165) is 25.2 Å². The molecule has 1 heterocycles. The number of nitrogens with zero attached hydrogens (tertiary/aromatic N) is 1. The maximum absolute atomic E-state index is 10.5. The summed E-state index contributed by atoms with van der Waals surface area (Å²) in [5.41, 5.74) is 3.38. The van der Waals surface area contributed by atoms with Gasteiger partial charge >= 0.3 is 0 Å². The van der Waals surface area contributed by atoms with Gasteiger partial charge in [0.1, 0.15) is 12.2 Å². The molecule has 1 saturated heterocycles. The number of aliphatic hydroxyl groups excluding tert-OH is 1. The molecule has 2 unspecified atom stereocenters. The second kappa shape index (κ2) is 5.83. The number of morpholine rings is 1. The monoisotopic (exact) mass is 249 g/mol. The Balaban J connectivity index is 2.15. The Hall–Kier alpha value is -0.900. The Morgan fingerprint density at radius 1 is 1.44 bits per heavy atom. The van der Waals surface area contributed by atoms with E-state index in [1.165, 1.54) is 11.1 Å². The molecule has 100 valence electrons. The molecule has 3 heteroatoms. The third-order valence-corrected chi connectivity index (χ3v) is 3.94. The van der Waals surface area contributed by atoms with Crippen LogP contribution in [0.1, 0.15) is 29.7 Å². The number of ether oxygens (including phenoxy) is 1. The van der Waals surface area contributed by atoms with Gasteiger partial charge in [-0.3, -0.25) is 4.90 Å². The fourth-order valence-corrected chi connectivity index (χ4v) is 2.50. The van der Waals surface area contributed by atoms with Crippen molar-refractivity contribution in [1.82, 2.24) is 4.90 Å². The number of aryl methyl sites for hydroxylation is 1. The Labute approximate surface area is 109 Å². The molecule has 1 aromatic rings. The number of hydrogen-bond donors (Lipinski definition) is 1. The predicted octanol–water partition coefficient (Wildman–Crippen LogP) is 2.06. The number of likely N-dealkylation sites (N-methyl/N-ethyl adjacent to an activating group) is 1. The lowest BCUT2D eigenvalue weighted by molar-refractivity contribution is -0.0890. The normalized spacial score (nSPS) is 23.0. The van der Waals surface area contributed by atoms with E-state index in [9.17, 15) is 5.11 Å². The van der Waals surface area contributed by atoms with E-state index in [2.05, 4.69) is 31.7 Å². The van der Waals surface area contributed by atoms with Gasteiger partial charge in [0.15, 0.2) is 0 Å². The molecule has 1 aromatic carbocycles. The molecule has 0 bridgehead atoms. The quantitative estimate of drug-likeness (QED) is 0.890. The second-order valence-electron chi connectivity index (χ2n) is 5.04. The molecular formula is C15H23NO2. The maximum Gasteiger partial charge on any atom is 0.107 e. The molecule has 3 nitrogen and oxygen atoms in total. The van der Waals surface area contributed by atoms with Gasteiger partial charge in [-0.15, -0.1) is 0 Å². The van der Waals surface area contributed by atoms with Crippen LogP contribution in [0.3, 0.4) is 0 Å². The van der Waals surface area contributed by atoms with E-state index in [1.807, 2.05) is 12.1 Å². The highest BCUT2D eigenvalue weighted by Crippen LogP contribution is 2.26. The van der Waals surface area contributed by atoms with E-state index in [4.69, 9.17) is 4.74 Å². The molecule has 0 spiro atoms. The van der Waals surface area contributed by atoms with E-state index in [0.29, 0.717) is 6.61 Å². The molecule has 0 saturated carbocycles. The first-order chi connectivity index (χ1) is 8.63. The van der Waals surface area contributed by atoms with Crippen LogP contribution >= 0.6 is 0 Å². The Morgan fingerprint density at radius 2 is 2.22 bits per heavy atom. The van der Waals surface area contributed by atoms with Crippen molar-refractivity contribution < 1.29 is 9.84 Å². The second-order valence-corrected chi connectivity index (χ2v) is 5.04. The summed E-state index contributed by atoms with van der Waals surface area (Å²) in [6, 6.07) is 6.08. The molecule has 1 aliphatic rings. The standard InChI is InChI=1S/C15H23NO2/c1-4-16-8-9-18-14(10-16)15(17)13-7-5-6-11(2)12(13)3/h5-7,14-15,17H,4,8-10H2,1-3H3. The highest BCUT2D eigenvalue weighted by Gasteiger charge is 2.28. The van der Waals surface area contributed by atoms with Crippen molar-refractivity contribution in [3.05, 3.63) is 34.9 Å². The smallest absolute Gasteiger partial charge is 0.107 e. The summed E-state index contributed by atoms with van der Waals surface area (Å²) >= 11 is 0. The fourth-order valence-electron chi connectivity index (χ4n) is 2.50. The van der Waals surface area contributed by atoms with Gasteiger partial charge in [0.05, 0.1) is 6.61 Å². The third-order valence-electron chi connectivity index (χ3n) is 3.94. The topological polar surface area (TPSA) is 32.7 Å². The van der Waals surface area contributed by atoms with Crippen molar-refractivity contribution in [2.45, 2.75) is 33.0 Å². The number of benzene rings is 1. The van der Waals surface area contributed by atoms with Crippen LogP contribution < -0.4 is 0 Å². The van der Waals surface area contributed by atoms with Gasteiger partial charge in [-0.05, 0) is 37.1 Å². The van der Waals surface area contributed by atoms with Crippen molar-refractivity contribution in [3.8, 4) is 0 Å². The highest BCUT2D eigenvalue weighted by atomic mass is 16.5. The van der Waals surface area contributed by atoms with Crippen molar-refractivity contribution >= 4 is 0 Å². The van der Waals surface area contributed by atoms with E-state index in [-0.39, 0.29) is 6.10 Å². The number of hydrogen-bond acceptors (Lipinski definition) is 3. The van der Waals surface area contributed by atoms with Gasteiger partial charge < -0.3 is 9.84 Å². The summed E-state index contributed by atoms with van der Waals surface area (Å²) in [5.74, 6) is 0. The van der Waals surface area contributed by atoms with Crippen LogP contribution in [-0.4, -0.2) is 42.4 Å². The van der Waals surface area contributed by atoms with E-state index < -0.39 is 6.10 Å². The van der Waals surface area contributed by atoms with Crippen LogP contribution in [0.15, 0.2) is 18.2 Å². The summed E-state index contributed by atoms with van der Waals surface area (Å²) in [5, 5.41) is 10.5. The largest absolute Gasteiger partial charge is 0.386 e. The summed E-state index contributed by atoms with van der Waals surface area (Å²) in [6.07, 6.45) is -0.640. The van der Waals surface area contributed by atoms with Gasteiger partial charge in [-0.1, -0.05) is 25.1 Å². The van der Waals surface area contributed by atoms with Crippen LogP contribution in [0, 0.1) is 13.8 Å². The van der Waals surface area contributed by atoms with Crippen molar-refractivity contribution in [1.29, 1.82) is 0 Å². The molecule has 0 aromatic heterocycles. The van der Waals surface area contributed by atoms with Gasteiger partial charge in [-0.2, -0.15) is 0 Å². The molecule has 0 amide bonds. The lowest BCUT2D eigenvalue weighted by Gasteiger charge is -2.35. The Morgan fingerprint density at radius 3 is 2.94 bits per heavy atom. The van der Waals surface area contributed by atoms with Crippen molar-refractivity contribution in [3.63, 3.8) is 0 Å². The fraction of sp³-hybridized carbons (Fsp3) is 0.600. The van der Waals surface area contributed by atoms with Gasteiger partial charge in [0, 0.05) is 13.1 Å². The first-order valence-electron chi connectivity index (χ1n) is 6.71. The molecule has 2 rings (SSSR count). The molecule has 1 fully saturated rings. The summed E-state index contributed by atoms with van der Waals surface area (Å²) < 4.78 is 5.73. The zero-order valence-electron chi connectivity index (χ0n) is 11.5. The van der Waals surface area contributed by atoms with Gasteiger partial charge in [0.2, 0.25) is 0 Å². The van der Waals surface area contributed by atoms with Crippen LogP contribution in [0.2, 0.25) is 0 Å². The van der Waals surface area contributed by atoms with Gasteiger partial charge in [-0.25, -0.2) is 0 Å². The minimum Gasteiger partial charge on any atom is -0.386 e. The summed E-state index contributed by atoms with van der Waals surface area (Å²) in [7, 11) is 0. The molecule has 0 radical (unpaired) electrons. The minimum atomic E-state index is -0.528. The molecule has 18 heavy (non-hydrogen) atoms. The SMILES string of the molecule is CCN1CCOC(C(O)c2cccc(C)c2C)C1. The molecule has 0 aliphatic carbocycles. The predicted molar refractivity (Wildman–Crippen MR) is 72.7 cm³/mol. The first-order valence-corrected chi connectivity index (χ1v) is 6.71. The third kappa shape index (κ3) is 2.74. The number of aliphatic hydroxyl groups is 1. The van der Waals surface area contributed by atoms with E-state index in [1.54, 1.807) is 0 Å². The molecule has 2 atom stereocenters. The average molecular weight is 249 g/mol. The average Bonchev–Trinajstić information content (AvgIpc) is 2.41. The zero-order chi connectivity index (χ0) is 13.1. The summed E-state index contributed by atoms with van der Waals surface area (Å²) in [4.78, 5) is 2.32.